The molecule has 0 aromatic rings. The van der Waals surface area contributed by atoms with E-state index in [9.17, 15) is 4.79 Å². The van der Waals surface area contributed by atoms with Crippen LogP contribution in [0, 0.1) is 0 Å². The predicted molar refractivity (Wildman–Crippen MR) is 35.3 cm³/mol. The third-order valence-corrected chi connectivity index (χ3v) is 1.15. The van der Waals surface area contributed by atoms with Gasteiger partial charge in [-0.3, -0.25) is 0 Å². The second-order valence-electron chi connectivity index (χ2n) is 1.93. The van der Waals surface area contributed by atoms with Crippen LogP contribution < -0.4 is 0 Å². The predicted octanol–water partition coefficient (Wildman–Crippen LogP) is 0.868. The Morgan fingerprint density at radius 1 is 1.67 bits per heavy atom. The van der Waals surface area contributed by atoms with Crippen LogP contribution in [-0.2, 0) is 4.79 Å². The van der Waals surface area contributed by atoms with Gasteiger partial charge in [0.1, 0.15) is 0 Å². The third kappa shape index (κ3) is 3.08. The summed E-state index contributed by atoms with van der Waals surface area (Å²) in [4.78, 5) is 10.0. The molecule has 1 unspecified atom stereocenters. The zero-order valence-electron chi connectivity index (χ0n) is 5.01. The Morgan fingerprint density at radius 2 is 2.00 bits per heavy atom. The maximum Gasteiger partial charge on any atom is 0.335 e. The molecular weight excluding hydrogens is 120 g/mol. The van der Waals surface area contributed by atoms with E-state index in [1.165, 1.54) is 6.92 Å². The van der Waals surface area contributed by atoms with Crippen LogP contribution in [0.2, 0.25) is 0 Å². The fourth-order valence-electron chi connectivity index (χ4n) is 0.151. The Balaban J connectivity index is 0. The zero-order chi connectivity index (χ0) is 6.78. The molecule has 0 bridgehead atoms. The first-order valence-electron chi connectivity index (χ1n) is 2.46. The lowest BCUT2D eigenvalue weighted by Gasteiger charge is -2.13. The van der Waals surface area contributed by atoms with Gasteiger partial charge in [0.15, 0.2) is 5.60 Å². The first-order valence-corrected chi connectivity index (χ1v) is 2.46. The Morgan fingerprint density at radius 3 is 2.00 bits per heavy atom. The molecule has 0 amide bonds. The molecule has 0 fully saturated rings. The quantitative estimate of drug-likeness (QED) is 0.589. The summed E-state index contributed by atoms with van der Waals surface area (Å²) in [5.41, 5.74) is -1.54. The molecule has 0 aliphatic carbocycles. The Bertz CT molecular complexity index is 96.5. The van der Waals surface area contributed by atoms with Gasteiger partial charge in [0, 0.05) is 0 Å². The van der Waals surface area contributed by atoms with Gasteiger partial charge in [0.25, 0.3) is 0 Å². The van der Waals surface area contributed by atoms with Crippen molar-refractivity contribution in [1.82, 2.24) is 0 Å². The van der Waals surface area contributed by atoms with E-state index in [1.807, 2.05) is 0 Å². The summed E-state index contributed by atoms with van der Waals surface area (Å²) in [5, 5.41) is 17.0. The van der Waals surface area contributed by atoms with E-state index in [-0.39, 0.29) is 13.8 Å². The molecule has 3 nitrogen and oxygen atoms in total. The molecule has 0 aliphatic rings. The number of carboxylic acid groups (broad SMARTS) is 1. The molecule has 0 saturated carbocycles. The number of carbonyl (C=O) groups is 1. The number of carboxylic acids is 1. The standard InChI is InChI=1S/C5H10O3.CH4/c1-3-5(2,8)4(6)7;/h8H,3H2,1-2H3,(H,6,7);1H4. The molecule has 9 heavy (non-hydrogen) atoms. The molecule has 0 radical (unpaired) electrons. The highest BCUT2D eigenvalue weighted by Crippen LogP contribution is 2.06. The molecule has 56 valence electrons. The fraction of sp³-hybridized carbons (Fsp3) is 0.833. The summed E-state index contributed by atoms with van der Waals surface area (Å²) in [6.07, 6.45) is 0.238. The van der Waals surface area contributed by atoms with Crippen molar-refractivity contribution in [3.8, 4) is 0 Å². The maximum atomic E-state index is 10.0. The minimum absolute atomic E-state index is 0. The lowest BCUT2D eigenvalue weighted by molar-refractivity contribution is -0.156. The van der Waals surface area contributed by atoms with Gasteiger partial charge in [0.2, 0.25) is 0 Å². The van der Waals surface area contributed by atoms with Crippen molar-refractivity contribution in [1.29, 1.82) is 0 Å². The molecule has 1 atom stereocenters. The number of aliphatic carboxylic acids is 1. The Kier molecular flexibility index (Phi) is 4.32. The summed E-state index contributed by atoms with van der Waals surface area (Å²) < 4.78 is 0. The van der Waals surface area contributed by atoms with Crippen LogP contribution in [0.4, 0.5) is 0 Å². The van der Waals surface area contributed by atoms with E-state index in [1.54, 1.807) is 6.92 Å². The number of hydrogen-bond donors (Lipinski definition) is 2. The number of aliphatic hydroxyl groups is 1. The van der Waals surface area contributed by atoms with Crippen LogP contribution in [0.15, 0.2) is 0 Å². The van der Waals surface area contributed by atoms with Crippen LogP contribution in [0.3, 0.4) is 0 Å². The Labute approximate surface area is 55.3 Å². The molecule has 2 N–H and O–H groups in total. The van der Waals surface area contributed by atoms with Crippen LogP contribution in [-0.4, -0.2) is 21.8 Å². The molecule has 3 heteroatoms. The SMILES string of the molecule is C.CCC(C)(O)C(=O)O. The van der Waals surface area contributed by atoms with E-state index >= 15 is 0 Å². The topological polar surface area (TPSA) is 57.5 Å². The first-order chi connectivity index (χ1) is 3.50. The maximum absolute atomic E-state index is 10.0. The van der Waals surface area contributed by atoms with E-state index in [0.717, 1.165) is 0 Å². The number of rotatable bonds is 2. The summed E-state index contributed by atoms with van der Waals surface area (Å²) >= 11 is 0. The van der Waals surface area contributed by atoms with E-state index in [2.05, 4.69) is 0 Å². The normalized spacial score (nSPS) is 15.4. The molecule has 0 saturated heterocycles. The molecule has 0 heterocycles. The van der Waals surface area contributed by atoms with E-state index in [4.69, 9.17) is 10.2 Å². The highest BCUT2D eigenvalue weighted by Gasteiger charge is 2.26. The van der Waals surface area contributed by atoms with Crippen molar-refractivity contribution in [2.24, 2.45) is 0 Å². The van der Waals surface area contributed by atoms with Crippen LogP contribution >= 0.6 is 0 Å². The molecule has 0 aromatic carbocycles. The molecule has 0 rings (SSSR count). The first kappa shape index (κ1) is 11.3. The largest absolute Gasteiger partial charge is 0.479 e. The second kappa shape index (κ2) is 3.45. The minimum atomic E-state index is -1.54. The monoisotopic (exact) mass is 134 g/mol. The van der Waals surface area contributed by atoms with Gasteiger partial charge in [-0.1, -0.05) is 14.4 Å². The smallest absolute Gasteiger partial charge is 0.335 e. The van der Waals surface area contributed by atoms with Crippen LogP contribution in [0.25, 0.3) is 0 Å². The van der Waals surface area contributed by atoms with Crippen molar-refractivity contribution >= 4 is 5.97 Å². The van der Waals surface area contributed by atoms with Gasteiger partial charge < -0.3 is 10.2 Å². The third-order valence-electron chi connectivity index (χ3n) is 1.15. The molecular formula is C6H14O3. The summed E-state index contributed by atoms with van der Waals surface area (Å²) in [5.74, 6) is -1.17. The van der Waals surface area contributed by atoms with Gasteiger partial charge in [-0.25, -0.2) is 4.79 Å². The van der Waals surface area contributed by atoms with Crippen molar-refractivity contribution in [2.45, 2.75) is 33.3 Å². The molecule has 0 aromatic heterocycles. The average Bonchev–Trinajstić information content (AvgIpc) is 1.67. The average molecular weight is 134 g/mol. The van der Waals surface area contributed by atoms with E-state index in [0.29, 0.717) is 0 Å². The van der Waals surface area contributed by atoms with Gasteiger partial charge >= 0.3 is 5.97 Å². The highest BCUT2D eigenvalue weighted by molar-refractivity contribution is 5.76. The van der Waals surface area contributed by atoms with Crippen molar-refractivity contribution in [3.63, 3.8) is 0 Å². The minimum Gasteiger partial charge on any atom is -0.479 e. The second-order valence-corrected chi connectivity index (χ2v) is 1.93. The highest BCUT2D eigenvalue weighted by atomic mass is 16.4. The fourth-order valence-corrected chi connectivity index (χ4v) is 0.151. The zero-order valence-corrected chi connectivity index (χ0v) is 5.01. The summed E-state index contributed by atoms with van der Waals surface area (Å²) in [6.45, 7) is 2.89. The lowest BCUT2D eigenvalue weighted by atomic mass is 10.1. The van der Waals surface area contributed by atoms with Crippen molar-refractivity contribution < 1.29 is 15.0 Å². The lowest BCUT2D eigenvalue weighted by Crippen LogP contribution is -2.33. The molecule has 0 spiro atoms. The Hall–Kier alpha value is -0.570. The van der Waals surface area contributed by atoms with Gasteiger partial charge in [-0.05, 0) is 13.3 Å². The van der Waals surface area contributed by atoms with Crippen LogP contribution in [0.5, 0.6) is 0 Å². The summed E-state index contributed by atoms with van der Waals surface area (Å²) in [7, 11) is 0. The van der Waals surface area contributed by atoms with Crippen molar-refractivity contribution in [3.05, 3.63) is 0 Å². The summed E-state index contributed by atoms with van der Waals surface area (Å²) in [6, 6.07) is 0. The van der Waals surface area contributed by atoms with Gasteiger partial charge in [-0.2, -0.15) is 0 Å². The van der Waals surface area contributed by atoms with E-state index < -0.39 is 11.6 Å². The van der Waals surface area contributed by atoms with Gasteiger partial charge in [-0.15, -0.1) is 0 Å². The van der Waals surface area contributed by atoms with Crippen molar-refractivity contribution in [2.75, 3.05) is 0 Å². The number of hydrogen-bond acceptors (Lipinski definition) is 2. The van der Waals surface area contributed by atoms with Crippen LogP contribution in [0.1, 0.15) is 27.7 Å². The van der Waals surface area contributed by atoms with Gasteiger partial charge in [0.05, 0.1) is 0 Å². The molecule has 0 aliphatic heterocycles.